The Morgan fingerprint density at radius 1 is 1.57 bits per heavy atom. The fraction of sp³-hybridized carbons (Fsp3) is 0.500. The first-order valence-corrected chi connectivity index (χ1v) is 8.44. The molecule has 7 nitrogen and oxygen atoms in total. The summed E-state index contributed by atoms with van der Waals surface area (Å²) in [4.78, 5) is 15.9. The monoisotopic (exact) mass is 326 g/mol. The number of hydrogen-bond acceptors (Lipinski definition) is 6. The van der Waals surface area contributed by atoms with E-state index in [2.05, 4.69) is 25.8 Å². The molecule has 0 saturated heterocycles. The van der Waals surface area contributed by atoms with Gasteiger partial charge in [0.05, 0.1) is 6.04 Å². The van der Waals surface area contributed by atoms with Crippen molar-refractivity contribution in [2.24, 2.45) is 7.05 Å². The highest BCUT2D eigenvalue weighted by atomic mass is 32.2. The lowest BCUT2D eigenvalue weighted by atomic mass is 10.3. The molecule has 0 aliphatic heterocycles. The van der Waals surface area contributed by atoms with Crippen LogP contribution in [0.25, 0.3) is 0 Å². The number of nitrogens with zero attached hydrogens (tertiary/aromatic N) is 4. The summed E-state index contributed by atoms with van der Waals surface area (Å²) in [5, 5.41) is 15.4. The van der Waals surface area contributed by atoms with Crippen molar-refractivity contribution in [3.63, 3.8) is 0 Å². The average molecular weight is 326 g/mol. The summed E-state index contributed by atoms with van der Waals surface area (Å²) in [6, 6.07) is -0.369. The number of aryl methyl sites for hydroxylation is 1. The molecule has 0 fully saturated rings. The third-order valence-corrected chi connectivity index (χ3v) is 4.78. The van der Waals surface area contributed by atoms with E-state index >= 15 is 0 Å². The number of urea groups is 1. The van der Waals surface area contributed by atoms with Crippen LogP contribution in [0.2, 0.25) is 0 Å². The molecule has 2 heterocycles. The van der Waals surface area contributed by atoms with Crippen LogP contribution in [0.1, 0.15) is 25.2 Å². The van der Waals surface area contributed by atoms with Crippen LogP contribution in [-0.2, 0) is 7.05 Å². The number of thiazole rings is 1. The van der Waals surface area contributed by atoms with Crippen LogP contribution >= 0.6 is 23.1 Å². The second kappa shape index (κ2) is 7.99. The van der Waals surface area contributed by atoms with Crippen LogP contribution in [0.3, 0.4) is 0 Å². The van der Waals surface area contributed by atoms with Gasteiger partial charge >= 0.3 is 6.03 Å². The van der Waals surface area contributed by atoms with Gasteiger partial charge in [0, 0.05) is 30.9 Å². The standard InChI is InChI=1S/C12H18N6OS2/c1-9(10-17-15-8-18(10)2)16-11(19)13-4-3-6-20-12-14-5-7-21-12/h5,7-9H,3-4,6H2,1-2H3,(H2,13,16,19). The van der Waals surface area contributed by atoms with Gasteiger partial charge in [0.15, 0.2) is 5.82 Å². The van der Waals surface area contributed by atoms with Crippen LogP contribution in [0, 0.1) is 0 Å². The molecule has 0 aliphatic carbocycles. The molecule has 1 atom stereocenters. The van der Waals surface area contributed by atoms with Crippen molar-refractivity contribution in [3.8, 4) is 0 Å². The molecule has 114 valence electrons. The minimum atomic E-state index is -0.190. The summed E-state index contributed by atoms with van der Waals surface area (Å²) in [6.07, 6.45) is 4.31. The molecule has 9 heteroatoms. The summed E-state index contributed by atoms with van der Waals surface area (Å²) < 4.78 is 2.85. The number of aromatic nitrogens is 4. The molecule has 0 bridgehead atoms. The molecule has 21 heavy (non-hydrogen) atoms. The lowest BCUT2D eigenvalue weighted by Crippen LogP contribution is -2.38. The van der Waals surface area contributed by atoms with Gasteiger partial charge in [0.25, 0.3) is 0 Å². The zero-order valence-electron chi connectivity index (χ0n) is 11.9. The molecule has 0 spiro atoms. The van der Waals surface area contributed by atoms with Gasteiger partial charge in [-0.2, -0.15) is 0 Å². The van der Waals surface area contributed by atoms with E-state index < -0.39 is 0 Å². The maximum atomic E-state index is 11.8. The summed E-state index contributed by atoms with van der Waals surface area (Å²) in [5.74, 6) is 1.66. The predicted molar refractivity (Wildman–Crippen MR) is 83.4 cm³/mol. The fourth-order valence-electron chi connectivity index (χ4n) is 1.71. The number of hydrogen-bond donors (Lipinski definition) is 2. The largest absolute Gasteiger partial charge is 0.338 e. The molecule has 0 aromatic carbocycles. The number of thioether (sulfide) groups is 1. The van der Waals surface area contributed by atoms with Gasteiger partial charge in [-0.25, -0.2) is 9.78 Å². The van der Waals surface area contributed by atoms with Crippen LogP contribution in [0.15, 0.2) is 22.2 Å². The van der Waals surface area contributed by atoms with E-state index in [-0.39, 0.29) is 12.1 Å². The highest BCUT2D eigenvalue weighted by molar-refractivity contribution is 8.00. The quantitative estimate of drug-likeness (QED) is 0.599. The lowest BCUT2D eigenvalue weighted by molar-refractivity contribution is 0.237. The van der Waals surface area contributed by atoms with Gasteiger partial charge in [-0.05, 0) is 13.3 Å². The Morgan fingerprint density at radius 2 is 2.43 bits per heavy atom. The van der Waals surface area contributed by atoms with Gasteiger partial charge in [0.1, 0.15) is 10.7 Å². The van der Waals surface area contributed by atoms with Gasteiger partial charge < -0.3 is 15.2 Å². The Labute approximate surface area is 131 Å². The van der Waals surface area contributed by atoms with Gasteiger partial charge in [-0.15, -0.1) is 21.5 Å². The number of nitrogens with one attached hydrogen (secondary N) is 2. The molecular formula is C12H18N6OS2. The zero-order valence-corrected chi connectivity index (χ0v) is 13.6. The number of amides is 2. The minimum absolute atomic E-state index is 0.179. The van der Waals surface area contributed by atoms with Crippen LogP contribution in [-0.4, -0.2) is 38.1 Å². The first kappa shape index (κ1) is 15.8. The molecular weight excluding hydrogens is 308 g/mol. The minimum Gasteiger partial charge on any atom is -0.338 e. The number of carbonyl (C=O) groups is 1. The van der Waals surface area contributed by atoms with Gasteiger partial charge in [0.2, 0.25) is 0 Å². The Bertz CT molecular complexity index is 556. The van der Waals surface area contributed by atoms with Crippen molar-refractivity contribution < 1.29 is 4.79 Å². The molecule has 2 rings (SSSR count). The molecule has 0 saturated carbocycles. The Balaban J connectivity index is 1.60. The van der Waals surface area contributed by atoms with Crippen molar-refractivity contribution in [1.82, 2.24) is 30.4 Å². The highest BCUT2D eigenvalue weighted by Gasteiger charge is 2.13. The van der Waals surface area contributed by atoms with Crippen molar-refractivity contribution in [1.29, 1.82) is 0 Å². The van der Waals surface area contributed by atoms with E-state index in [9.17, 15) is 4.79 Å². The lowest BCUT2D eigenvalue weighted by Gasteiger charge is -2.13. The Hall–Kier alpha value is -1.61. The van der Waals surface area contributed by atoms with Crippen molar-refractivity contribution in [3.05, 3.63) is 23.7 Å². The second-order valence-corrected chi connectivity index (χ2v) is 6.66. The molecule has 2 aromatic heterocycles. The number of carbonyl (C=O) groups excluding carboxylic acids is 1. The van der Waals surface area contributed by atoms with Crippen LogP contribution in [0.4, 0.5) is 4.79 Å². The van der Waals surface area contributed by atoms with E-state index in [1.54, 1.807) is 40.2 Å². The van der Waals surface area contributed by atoms with E-state index in [1.807, 2.05) is 19.4 Å². The number of rotatable bonds is 7. The molecule has 0 aliphatic rings. The van der Waals surface area contributed by atoms with Crippen molar-refractivity contribution in [2.45, 2.75) is 23.7 Å². The normalized spacial score (nSPS) is 12.1. The Morgan fingerprint density at radius 3 is 3.10 bits per heavy atom. The molecule has 2 N–H and O–H groups in total. The first-order valence-electron chi connectivity index (χ1n) is 6.57. The highest BCUT2D eigenvalue weighted by Crippen LogP contribution is 2.20. The van der Waals surface area contributed by atoms with E-state index in [0.29, 0.717) is 6.54 Å². The third kappa shape index (κ3) is 5.01. The smallest absolute Gasteiger partial charge is 0.315 e. The summed E-state index contributed by atoms with van der Waals surface area (Å²) in [7, 11) is 1.85. The van der Waals surface area contributed by atoms with Crippen LogP contribution in [0.5, 0.6) is 0 Å². The topological polar surface area (TPSA) is 84.7 Å². The predicted octanol–water partition coefficient (Wildman–Crippen LogP) is 1.81. The van der Waals surface area contributed by atoms with E-state index in [4.69, 9.17) is 0 Å². The van der Waals surface area contributed by atoms with Crippen molar-refractivity contribution >= 4 is 29.1 Å². The maximum Gasteiger partial charge on any atom is 0.315 e. The maximum absolute atomic E-state index is 11.8. The molecule has 0 radical (unpaired) electrons. The van der Waals surface area contributed by atoms with Gasteiger partial charge in [-0.1, -0.05) is 11.8 Å². The van der Waals surface area contributed by atoms with E-state index in [0.717, 1.165) is 22.3 Å². The second-order valence-electron chi connectivity index (χ2n) is 4.42. The average Bonchev–Trinajstić information content (AvgIpc) is 3.09. The summed E-state index contributed by atoms with van der Waals surface area (Å²) in [6.45, 7) is 2.51. The third-order valence-electron chi connectivity index (χ3n) is 2.72. The summed E-state index contributed by atoms with van der Waals surface area (Å²) >= 11 is 3.34. The fourth-order valence-corrected chi connectivity index (χ4v) is 3.36. The molecule has 1 unspecified atom stereocenters. The van der Waals surface area contributed by atoms with E-state index in [1.165, 1.54) is 0 Å². The molecule has 2 amide bonds. The van der Waals surface area contributed by atoms with Crippen LogP contribution < -0.4 is 10.6 Å². The zero-order chi connectivity index (χ0) is 15.1. The van der Waals surface area contributed by atoms with Crippen molar-refractivity contribution in [2.75, 3.05) is 12.3 Å². The SMILES string of the molecule is CC(NC(=O)NCCCSc1nccs1)c1nncn1C. The Kier molecular flexibility index (Phi) is 6.00. The summed E-state index contributed by atoms with van der Waals surface area (Å²) in [5.41, 5.74) is 0. The van der Waals surface area contributed by atoms with Gasteiger partial charge in [-0.3, -0.25) is 0 Å². The molecule has 2 aromatic rings. The first-order chi connectivity index (χ1) is 10.2.